The summed E-state index contributed by atoms with van der Waals surface area (Å²) in [5, 5.41) is 14.6. The van der Waals surface area contributed by atoms with Gasteiger partial charge in [0.15, 0.2) is 0 Å². The van der Waals surface area contributed by atoms with Crippen LogP contribution in [0, 0.1) is 0 Å². The van der Waals surface area contributed by atoms with Gasteiger partial charge in [-0.2, -0.15) is 0 Å². The van der Waals surface area contributed by atoms with Gasteiger partial charge in [0.25, 0.3) is 0 Å². The van der Waals surface area contributed by atoms with Crippen LogP contribution in [0.3, 0.4) is 0 Å². The Morgan fingerprint density at radius 3 is 3.05 bits per heavy atom. The number of rotatable bonds is 5. The van der Waals surface area contributed by atoms with Gasteiger partial charge in [-0.1, -0.05) is 11.6 Å². The monoisotopic (exact) mass is 342 g/mol. The number of aliphatic hydroxyl groups is 1. The van der Waals surface area contributed by atoms with Gasteiger partial charge >= 0.3 is 0 Å². The zero-order chi connectivity index (χ0) is 15.4. The van der Waals surface area contributed by atoms with Crippen LogP contribution in [-0.4, -0.2) is 61.3 Å². The Labute approximate surface area is 141 Å². The van der Waals surface area contributed by atoms with Crippen LogP contribution in [0.1, 0.15) is 18.0 Å². The third kappa shape index (κ3) is 4.37. The molecule has 2 aliphatic rings. The SMILES string of the molecule is O[C@H](CN[C@@H]1CCSc2ccc(Cl)cc21)CN1CCOCC1. The molecule has 0 saturated carbocycles. The Morgan fingerprint density at radius 1 is 1.41 bits per heavy atom. The molecule has 2 N–H and O–H groups in total. The maximum atomic E-state index is 10.3. The molecule has 1 aromatic carbocycles. The first-order valence-corrected chi connectivity index (χ1v) is 9.22. The first-order chi connectivity index (χ1) is 10.7. The van der Waals surface area contributed by atoms with Crippen molar-refractivity contribution in [3.05, 3.63) is 28.8 Å². The van der Waals surface area contributed by atoms with Gasteiger partial charge in [0.1, 0.15) is 0 Å². The van der Waals surface area contributed by atoms with E-state index >= 15 is 0 Å². The first-order valence-electron chi connectivity index (χ1n) is 7.86. The Kier molecular flexibility index (Phi) is 6.02. The molecule has 22 heavy (non-hydrogen) atoms. The summed E-state index contributed by atoms with van der Waals surface area (Å²) in [5.41, 5.74) is 1.27. The highest BCUT2D eigenvalue weighted by atomic mass is 35.5. The fourth-order valence-electron chi connectivity index (χ4n) is 3.00. The van der Waals surface area contributed by atoms with E-state index in [4.69, 9.17) is 16.3 Å². The van der Waals surface area contributed by atoms with E-state index in [0.29, 0.717) is 13.1 Å². The van der Waals surface area contributed by atoms with Crippen LogP contribution in [0.4, 0.5) is 0 Å². The van der Waals surface area contributed by atoms with E-state index < -0.39 is 0 Å². The molecule has 1 aromatic rings. The molecular weight excluding hydrogens is 320 g/mol. The van der Waals surface area contributed by atoms with Gasteiger partial charge in [-0.3, -0.25) is 4.90 Å². The van der Waals surface area contributed by atoms with E-state index in [1.807, 2.05) is 17.8 Å². The number of morpholine rings is 1. The molecule has 0 amide bonds. The van der Waals surface area contributed by atoms with Crippen LogP contribution < -0.4 is 5.32 Å². The van der Waals surface area contributed by atoms with E-state index in [9.17, 15) is 5.11 Å². The first kappa shape index (κ1) is 16.6. The van der Waals surface area contributed by atoms with E-state index in [2.05, 4.69) is 22.3 Å². The molecule has 2 aliphatic heterocycles. The summed E-state index contributed by atoms with van der Waals surface area (Å²) in [6.07, 6.45) is 0.720. The molecule has 2 atom stereocenters. The number of halogens is 1. The minimum Gasteiger partial charge on any atom is -0.390 e. The molecule has 1 fully saturated rings. The predicted molar refractivity (Wildman–Crippen MR) is 90.8 cm³/mol. The molecule has 3 rings (SSSR count). The van der Waals surface area contributed by atoms with E-state index in [1.165, 1.54) is 10.5 Å². The minimum atomic E-state index is -0.352. The zero-order valence-electron chi connectivity index (χ0n) is 12.6. The van der Waals surface area contributed by atoms with Crippen LogP contribution in [0.2, 0.25) is 5.02 Å². The standard InChI is InChI=1S/C16H23ClN2O2S/c17-12-1-2-16-14(9-12)15(3-8-22-16)18-10-13(20)11-19-4-6-21-7-5-19/h1-2,9,13,15,18,20H,3-8,10-11H2/t13-,15-/m1/s1. The Balaban J connectivity index is 1.52. The fraction of sp³-hybridized carbons (Fsp3) is 0.625. The molecule has 4 nitrogen and oxygen atoms in total. The molecule has 1 saturated heterocycles. The average molecular weight is 343 g/mol. The number of hydrogen-bond donors (Lipinski definition) is 2. The second kappa shape index (κ2) is 7.99. The molecule has 122 valence electrons. The number of fused-ring (bicyclic) bond motifs is 1. The van der Waals surface area contributed by atoms with Crippen molar-refractivity contribution in [2.24, 2.45) is 0 Å². The molecule has 0 aliphatic carbocycles. The van der Waals surface area contributed by atoms with E-state index in [0.717, 1.165) is 43.5 Å². The Hall–Kier alpha value is -0.300. The van der Waals surface area contributed by atoms with E-state index in [-0.39, 0.29) is 12.1 Å². The summed E-state index contributed by atoms with van der Waals surface area (Å²) < 4.78 is 5.33. The van der Waals surface area contributed by atoms with Crippen LogP contribution in [0.15, 0.2) is 23.1 Å². The van der Waals surface area contributed by atoms with Gasteiger partial charge in [-0.15, -0.1) is 11.8 Å². The van der Waals surface area contributed by atoms with Crippen molar-refractivity contribution in [3.63, 3.8) is 0 Å². The van der Waals surface area contributed by atoms with Crippen molar-refractivity contribution in [2.75, 3.05) is 45.1 Å². The molecule has 0 unspecified atom stereocenters. The van der Waals surface area contributed by atoms with Gasteiger partial charge in [0.2, 0.25) is 0 Å². The summed E-state index contributed by atoms with van der Waals surface area (Å²) in [6.45, 7) is 4.68. The van der Waals surface area contributed by atoms with Crippen LogP contribution >= 0.6 is 23.4 Å². The van der Waals surface area contributed by atoms with Gasteiger partial charge in [0.05, 0.1) is 19.3 Å². The van der Waals surface area contributed by atoms with Gasteiger partial charge in [-0.05, 0) is 35.9 Å². The quantitative estimate of drug-likeness (QED) is 0.858. The van der Waals surface area contributed by atoms with Crippen molar-refractivity contribution in [1.29, 1.82) is 0 Å². The number of benzene rings is 1. The van der Waals surface area contributed by atoms with Crippen molar-refractivity contribution in [2.45, 2.75) is 23.5 Å². The maximum absolute atomic E-state index is 10.3. The number of thioether (sulfide) groups is 1. The summed E-state index contributed by atoms with van der Waals surface area (Å²) in [7, 11) is 0. The smallest absolute Gasteiger partial charge is 0.0791 e. The zero-order valence-corrected chi connectivity index (χ0v) is 14.2. The van der Waals surface area contributed by atoms with Crippen LogP contribution in [0.25, 0.3) is 0 Å². The summed E-state index contributed by atoms with van der Waals surface area (Å²) >= 11 is 8.01. The van der Waals surface area contributed by atoms with Crippen molar-refractivity contribution >= 4 is 23.4 Å². The van der Waals surface area contributed by atoms with E-state index in [1.54, 1.807) is 0 Å². The lowest BCUT2D eigenvalue weighted by atomic mass is 10.0. The molecule has 2 heterocycles. The second-order valence-corrected chi connectivity index (χ2v) is 7.42. The van der Waals surface area contributed by atoms with Gasteiger partial charge in [0, 0.05) is 42.1 Å². The molecule has 0 aromatic heterocycles. The molecule has 6 heteroatoms. The third-order valence-corrected chi connectivity index (χ3v) is 5.54. The van der Waals surface area contributed by atoms with Crippen molar-refractivity contribution in [1.82, 2.24) is 10.2 Å². The number of hydrogen-bond acceptors (Lipinski definition) is 5. The highest BCUT2D eigenvalue weighted by Gasteiger charge is 2.22. The van der Waals surface area contributed by atoms with Crippen LogP contribution in [0.5, 0.6) is 0 Å². The topological polar surface area (TPSA) is 44.7 Å². The number of β-amino-alcohol motifs (C(OH)–C–C–N with tert-alkyl or cyclic N) is 1. The number of nitrogens with one attached hydrogen (secondary N) is 1. The minimum absolute atomic E-state index is 0.286. The number of nitrogens with zero attached hydrogens (tertiary/aromatic N) is 1. The Morgan fingerprint density at radius 2 is 2.23 bits per heavy atom. The normalized spacial score (nSPS) is 24.0. The largest absolute Gasteiger partial charge is 0.390 e. The lowest BCUT2D eigenvalue weighted by Crippen LogP contribution is -2.44. The number of ether oxygens (including phenoxy) is 1. The van der Waals surface area contributed by atoms with Gasteiger partial charge < -0.3 is 15.2 Å². The second-order valence-electron chi connectivity index (χ2n) is 5.85. The fourth-order valence-corrected chi connectivity index (χ4v) is 4.29. The Bertz CT molecular complexity index is 497. The average Bonchev–Trinajstić information content (AvgIpc) is 2.54. The van der Waals surface area contributed by atoms with Crippen molar-refractivity contribution < 1.29 is 9.84 Å². The number of aliphatic hydroxyl groups excluding tert-OH is 1. The summed E-state index contributed by atoms with van der Waals surface area (Å²) in [5.74, 6) is 1.10. The molecule has 0 spiro atoms. The van der Waals surface area contributed by atoms with Crippen LogP contribution in [-0.2, 0) is 4.74 Å². The summed E-state index contributed by atoms with van der Waals surface area (Å²) in [6, 6.07) is 6.38. The van der Waals surface area contributed by atoms with Crippen molar-refractivity contribution in [3.8, 4) is 0 Å². The maximum Gasteiger partial charge on any atom is 0.0791 e. The highest BCUT2D eigenvalue weighted by Crippen LogP contribution is 2.37. The third-order valence-electron chi connectivity index (χ3n) is 4.18. The highest BCUT2D eigenvalue weighted by molar-refractivity contribution is 7.99. The molecular formula is C16H23ClN2O2S. The molecule has 0 radical (unpaired) electrons. The lowest BCUT2D eigenvalue weighted by Gasteiger charge is -2.30. The van der Waals surface area contributed by atoms with Gasteiger partial charge in [-0.25, -0.2) is 0 Å². The predicted octanol–water partition coefficient (Wildman–Crippen LogP) is 2.16. The molecule has 0 bridgehead atoms. The summed E-state index contributed by atoms with van der Waals surface area (Å²) in [4.78, 5) is 3.56. The lowest BCUT2D eigenvalue weighted by molar-refractivity contribution is 0.0144.